The molecule has 0 aliphatic heterocycles. The summed E-state index contributed by atoms with van der Waals surface area (Å²) >= 11 is 0. The van der Waals surface area contributed by atoms with Crippen molar-refractivity contribution in [2.24, 2.45) is 0 Å². The lowest BCUT2D eigenvalue weighted by atomic mass is 9.83. The highest BCUT2D eigenvalue weighted by atomic mass is 16.2. The first-order chi connectivity index (χ1) is 9.54. The summed E-state index contributed by atoms with van der Waals surface area (Å²) in [5.41, 5.74) is 1.84. The van der Waals surface area contributed by atoms with Crippen molar-refractivity contribution >= 4 is 11.6 Å². The molecule has 1 N–H and O–H groups in total. The highest BCUT2D eigenvalue weighted by Gasteiger charge is 2.29. The number of carbonyl (C=O) groups excluding carboxylic acids is 1. The minimum absolute atomic E-state index is 0.0575. The summed E-state index contributed by atoms with van der Waals surface area (Å²) in [4.78, 5) is 12.5. The second-order valence-corrected chi connectivity index (χ2v) is 5.17. The first kappa shape index (κ1) is 13.9. The lowest BCUT2D eigenvalue weighted by molar-refractivity contribution is -0.120. The summed E-state index contributed by atoms with van der Waals surface area (Å²) < 4.78 is 0. The number of carbonyl (C=O) groups is 1. The highest BCUT2D eigenvalue weighted by molar-refractivity contribution is 5.98. The zero-order valence-corrected chi connectivity index (χ0v) is 11.7. The zero-order valence-electron chi connectivity index (χ0n) is 11.7. The van der Waals surface area contributed by atoms with E-state index in [9.17, 15) is 4.79 Å². The van der Waals surface area contributed by atoms with E-state index >= 15 is 0 Å². The van der Waals surface area contributed by atoms with E-state index in [0.717, 1.165) is 16.8 Å². The number of anilines is 1. The van der Waals surface area contributed by atoms with Gasteiger partial charge < -0.3 is 5.32 Å². The number of rotatable bonds is 3. The van der Waals surface area contributed by atoms with E-state index in [-0.39, 0.29) is 5.91 Å². The SMILES string of the molecule is C#Cc1cccc(NC(=O)C(C)(C)c2ccccc2)c1. The van der Waals surface area contributed by atoms with Crippen molar-refractivity contribution in [2.45, 2.75) is 19.3 Å². The number of nitrogens with one attached hydrogen (secondary N) is 1. The van der Waals surface area contributed by atoms with Crippen LogP contribution in [0.3, 0.4) is 0 Å². The standard InChI is InChI=1S/C18H17NO/c1-4-14-9-8-12-16(13-14)19-17(20)18(2,3)15-10-6-5-7-11-15/h1,5-13H,2-3H3,(H,19,20). The maximum atomic E-state index is 12.5. The van der Waals surface area contributed by atoms with E-state index < -0.39 is 5.41 Å². The van der Waals surface area contributed by atoms with Crippen LogP contribution in [0.25, 0.3) is 0 Å². The van der Waals surface area contributed by atoms with Crippen LogP contribution in [0, 0.1) is 12.3 Å². The van der Waals surface area contributed by atoms with Gasteiger partial charge in [0, 0.05) is 11.3 Å². The summed E-state index contributed by atoms with van der Waals surface area (Å²) in [6, 6.07) is 17.0. The van der Waals surface area contributed by atoms with Gasteiger partial charge in [-0.25, -0.2) is 0 Å². The Morgan fingerprint density at radius 3 is 2.45 bits per heavy atom. The monoisotopic (exact) mass is 263 g/mol. The Morgan fingerprint density at radius 1 is 1.10 bits per heavy atom. The van der Waals surface area contributed by atoms with E-state index in [1.165, 1.54) is 0 Å². The lowest BCUT2D eigenvalue weighted by Gasteiger charge is -2.24. The van der Waals surface area contributed by atoms with Crippen molar-refractivity contribution in [3.63, 3.8) is 0 Å². The van der Waals surface area contributed by atoms with Crippen molar-refractivity contribution in [3.05, 3.63) is 65.7 Å². The molecule has 0 aromatic heterocycles. The van der Waals surface area contributed by atoms with Crippen molar-refractivity contribution < 1.29 is 4.79 Å². The van der Waals surface area contributed by atoms with Gasteiger partial charge in [0.05, 0.1) is 5.41 Å². The van der Waals surface area contributed by atoms with Crippen LogP contribution >= 0.6 is 0 Å². The van der Waals surface area contributed by atoms with Crippen LogP contribution in [0.2, 0.25) is 0 Å². The van der Waals surface area contributed by atoms with Crippen LogP contribution in [0.4, 0.5) is 5.69 Å². The van der Waals surface area contributed by atoms with Crippen molar-refractivity contribution in [1.29, 1.82) is 0 Å². The summed E-state index contributed by atoms with van der Waals surface area (Å²) in [7, 11) is 0. The number of hydrogen-bond acceptors (Lipinski definition) is 1. The number of benzene rings is 2. The average Bonchev–Trinajstić information content (AvgIpc) is 2.48. The molecule has 0 bridgehead atoms. The maximum Gasteiger partial charge on any atom is 0.234 e. The van der Waals surface area contributed by atoms with Gasteiger partial charge in [0.2, 0.25) is 5.91 Å². The number of amides is 1. The van der Waals surface area contributed by atoms with E-state index in [1.807, 2.05) is 62.4 Å². The summed E-state index contributed by atoms with van der Waals surface area (Å²) in [5, 5.41) is 2.92. The molecule has 2 nitrogen and oxygen atoms in total. The summed E-state index contributed by atoms with van der Waals surface area (Å²) in [6.07, 6.45) is 5.36. The molecule has 0 atom stereocenters. The Hall–Kier alpha value is -2.53. The fraction of sp³-hybridized carbons (Fsp3) is 0.167. The van der Waals surface area contributed by atoms with E-state index in [4.69, 9.17) is 6.42 Å². The van der Waals surface area contributed by atoms with Gasteiger partial charge in [-0.1, -0.05) is 42.3 Å². The predicted octanol–water partition coefficient (Wildman–Crippen LogP) is 3.58. The van der Waals surface area contributed by atoms with Crippen LogP contribution in [-0.2, 0) is 10.2 Å². The van der Waals surface area contributed by atoms with Gasteiger partial charge in [0.25, 0.3) is 0 Å². The first-order valence-electron chi connectivity index (χ1n) is 6.47. The Bertz CT molecular complexity index is 651. The van der Waals surface area contributed by atoms with Crippen LogP contribution in [0.5, 0.6) is 0 Å². The molecule has 0 aliphatic rings. The van der Waals surface area contributed by atoms with Crippen LogP contribution in [0.15, 0.2) is 54.6 Å². The molecular weight excluding hydrogens is 246 g/mol. The van der Waals surface area contributed by atoms with Gasteiger partial charge in [-0.2, -0.15) is 0 Å². The van der Waals surface area contributed by atoms with Crippen LogP contribution < -0.4 is 5.32 Å². The molecule has 0 aliphatic carbocycles. The van der Waals surface area contributed by atoms with Gasteiger partial charge in [0.15, 0.2) is 0 Å². The van der Waals surface area contributed by atoms with Gasteiger partial charge >= 0.3 is 0 Å². The normalized spacial score (nSPS) is 10.7. The molecule has 2 heteroatoms. The molecule has 2 aromatic rings. The third-order valence-corrected chi connectivity index (χ3v) is 3.35. The molecule has 0 spiro atoms. The Kier molecular flexibility index (Phi) is 3.91. The van der Waals surface area contributed by atoms with Gasteiger partial charge in [-0.05, 0) is 37.6 Å². The molecule has 2 rings (SSSR count). The topological polar surface area (TPSA) is 29.1 Å². The Balaban J connectivity index is 2.21. The van der Waals surface area contributed by atoms with Gasteiger partial charge in [0.1, 0.15) is 0 Å². The van der Waals surface area contributed by atoms with Crippen molar-refractivity contribution in [2.75, 3.05) is 5.32 Å². The summed E-state index contributed by atoms with van der Waals surface area (Å²) in [5.74, 6) is 2.50. The van der Waals surface area contributed by atoms with Crippen LogP contribution in [0.1, 0.15) is 25.0 Å². The lowest BCUT2D eigenvalue weighted by Crippen LogP contribution is -2.34. The summed E-state index contributed by atoms with van der Waals surface area (Å²) in [6.45, 7) is 3.81. The number of terminal acetylenes is 1. The Morgan fingerprint density at radius 2 is 1.80 bits per heavy atom. The van der Waals surface area contributed by atoms with Gasteiger partial charge in [-0.15, -0.1) is 6.42 Å². The minimum atomic E-state index is -0.604. The molecule has 100 valence electrons. The van der Waals surface area contributed by atoms with Gasteiger partial charge in [-0.3, -0.25) is 4.79 Å². The molecule has 0 unspecified atom stereocenters. The second-order valence-electron chi connectivity index (χ2n) is 5.17. The van der Waals surface area contributed by atoms with Crippen molar-refractivity contribution in [3.8, 4) is 12.3 Å². The maximum absolute atomic E-state index is 12.5. The fourth-order valence-corrected chi connectivity index (χ4v) is 1.96. The molecule has 2 aromatic carbocycles. The molecule has 0 fully saturated rings. The predicted molar refractivity (Wildman–Crippen MR) is 82.5 cm³/mol. The smallest absolute Gasteiger partial charge is 0.234 e. The van der Waals surface area contributed by atoms with Crippen molar-refractivity contribution in [1.82, 2.24) is 0 Å². The van der Waals surface area contributed by atoms with E-state index in [2.05, 4.69) is 11.2 Å². The molecule has 1 amide bonds. The van der Waals surface area contributed by atoms with Crippen LogP contribution in [-0.4, -0.2) is 5.91 Å². The quantitative estimate of drug-likeness (QED) is 0.842. The molecular formula is C18H17NO. The first-order valence-corrected chi connectivity index (χ1v) is 6.47. The molecule has 0 heterocycles. The third-order valence-electron chi connectivity index (χ3n) is 3.35. The second kappa shape index (κ2) is 5.63. The molecule has 0 radical (unpaired) electrons. The third kappa shape index (κ3) is 2.89. The molecule has 0 saturated carbocycles. The molecule has 20 heavy (non-hydrogen) atoms. The zero-order chi connectivity index (χ0) is 14.6. The number of hydrogen-bond donors (Lipinski definition) is 1. The minimum Gasteiger partial charge on any atom is -0.325 e. The average molecular weight is 263 g/mol. The Labute approximate surface area is 119 Å². The fourth-order valence-electron chi connectivity index (χ4n) is 1.96. The van der Waals surface area contributed by atoms with E-state index in [0.29, 0.717) is 0 Å². The van der Waals surface area contributed by atoms with E-state index in [1.54, 1.807) is 6.07 Å². The highest BCUT2D eigenvalue weighted by Crippen LogP contribution is 2.25. The largest absolute Gasteiger partial charge is 0.325 e. The molecule has 0 saturated heterocycles.